The summed E-state index contributed by atoms with van der Waals surface area (Å²) in [6.07, 6.45) is 6.15. The summed E-state index contributed by atoms with van der Waals surface area (Å²) >= 11 is 0. The molecule has 1 heteroatoms. The largest absolute Gasteiger partial charge is 0.298 e. The quantitative estimate of drug-likeness (QED) is 0.637. The van der Waals surface area contributed by atoms with E-state index in [1.165, 1.54) is 11.1 Å². The minimum atomic E-state index is 0.799. The summed E-state index contributed by atoms with van der Waals surface area (Å²) in [4.78, 5) is 11.0. The van der Waals surface area contributed by atoms with Crippen LogP contribution >= 0.6 is 0 Å². The maximum atomic E-state index is 11.0. The van der Waals surface area contributed by atoms with Crippen molar-refractivity contribution in [2.45, 2.75) is 6.42 Å². The number of carbonyl (C=O) groups is 1. The number of benzene rings is 2. The summed E-state index contributed by atoms with van der Waals surface area (Å²) in [6.45, 7) is 0. The first kappa shape index (κ1) is 8.42. The van der Waals surface area contributed by atoms with E-state index in [9.17, 15) is 4.79 Å². The van der Waals surface area contributed by atoms with E-state index >= 15 is 0 Å². The van der Waals surface area contributed by atoms with Gasteiger partial charge in [0.25, 0.3) is 0 Å². The SMILES string of the molecule is O=Cc1cccc2ccc3c(c12)CC=C3. The van der Waals surface area contributed by atoms with E-state index in [0.717, 1.165) is 29.0 Å². The van der Waals surface area contributed by atoms with Gasteiger partial charge in [0.15, 0.2) is 6.29 Å². The summed E-state index contributed by atoms with van der Waals surface area (Å²) in [6, 6.07) is 10.1. The van der Waals surface area contributed by atoms with Gasteiger partial charge < -0.3 is 0 Å². The molecule has 2 aromatic carbocycles. The maximum Gasteiger partial charge on any atom is 0.150 e. The number of allylic oxidation sites excluding steroid dienone is 1. The Morgan fingerprint density at radius 1 is 1.13 bits per heavy atom. The summed E-state index contributed by atoms with van der Waals surface area (Å²) in [5, 5.41) is 2.28. The molecule has 0 N–H and O–H groups in total. The number of rotatable bonds is 1. The third-order valence-corrected chi connectivity index (χ3v) is 2.97. The standard InChI is InChI=1S/C14H10O/c15-9-12-5-1-4-11-8-7-10-3-2-6-13(10)14(11)12/h1-5,7-9H,6H2. The molecular formula is C14H10O. The average molecular weight is 194 g/mol. The van der Waals surface area contributed by atoms with Gasteiger partial charge in [0, 0.05) is 5.56 Å². The molecule has 1 aliphatic rings. The van der Waals surface area contributed by atoms with Crippen molar-refractivity contribution in [1.82, 2.24) is 0 Å². The summed E-state index contributed by atoms with van der Waals surface area (Å²) in [7, 11) is 0. The van der Waals surface area contributed by atoms with Gasteiger partial charge in [0.2, 0.25) is 0 Å². The van der Waals surface area contributed by atoms with Crippen molar-refractivity contribution >= 4 is 23.1 Å². The first-order valence-electron chi connectivity index (χ1n) is 5.06. The Kier molecular flexibility index (Phi) is 1.72. The number of fused-ring (bicyclic) bond motifs is 3. The highest BCUT2D eigenvalue weighted by Crippen LogP contribution is 2.30. The van der Waals surface area contributed by atoms with Crippen LogP contribution in [0.5, 0.6) is 0 Å². The molecule has 0 saturated heterocycles. The highest BCUT2D eigenvalue weighted by molar-refractivity contribution is 6.02. The molecule has 0 amide bonds. The van der Waals surface area contributed by atoms with Crippen LogP contribution in [0.4, 0.5) is 0 Å². The van der Waals surface area contributed by atoms with Crippen LogP contribution in [0, 0.1) is 0 Å². The minimum Gasteiger partial charge on any atom is -0.298 e. The molecule has 2 aromatic rings. The molecule has 0 saturated carbocycles. The van der Waals surface area contributed by atoms with Crippen LogP contribution in [0.3, 0.4) is 0 Å². The fourth-order valence-electron chi connectivity index (χ4n) is 2.28. The van der Waals surface area contributed by atoms with E-state index < -0.39 is 0 Å². The lowest BCUT2D eigenvalue weighted by Gasteiger charge is -2.07. The highest BCUT2D eigenvalue weighted by atomic mass is 16.1. The second-order valence-corrected chi connectivity index (χ2v) is 3.80. The predicted molar refractivity (Wildman–Crippen MR) is 62.1 cm³/mol. The Bertz CT molecular complexity index is 579. The fraction of sp³-hybridized carbons (Fsp3) is 0.0714. The molecule has 0 bridgehead atoms. The first-order valence-corrected chi connectivity index (χ1v) is 5.06. The lowest BCUT2D eigenvalue weighted by molar-refractivity contribution is 0.112. The normalized spacial score (nSPS) is 13.1. The van der Waals surface area contributed by atoms with Crippen molar-refractivity contribution < 1.29 is 4.79 Å². The Morgan fingerprint density at radius 3 is 2.93 bits per heavy atom. The molecule has 3 rings (SSSR count). The van der Waals surface area contributed by atoms with E-state index in [1.54, 1.807) is 0 Å². The van der Waals surface area contributed by atoms with Gasteiger partial charge in [-0.25, -0.2) is 0 Å². The molecule has 0 aromatic heterocycles. The van der Waals surface area contributed by atoms with Gasteiger partial charge in [-0.3, -0.25) is 4.79 Å². The van der Waals surface area contributed by atoms with Crippen molar-refractivity contribution in [2.24, 2.45) is 0 Å². The average Bonchev–Trinajstić information content (AvgIpc) is 2.76. The molecule has 0 unspecified atom stereocenters. The highest BCUT2D eigenvalue weighted by Gasteiger charge is 2.11. The van der Waals surface area contributed by atoms with Gasteiger partial charge in [-0.15, -0.1) is 0 Å². The molecule has 0 atom stereocenters. The predicted octanol–water partition coefficient (Wildman–Crippen LogP) is 3.22. The van der Waals surface area contributed by atoms with E-state index in [1.807, 2.05) is 12.1 Å². The first-order chi connectivity index (χ1) is 7.40. The Morgan fingerprint density at radius 2 is 2.07 bits per heavy atom. The van der Waals surface area contributed by atoms with Crippen molar-refractivity contribution in [2.75, 3.05) is 0 Å². The maximum absolute atomic E-state index is 11.0. The summed E-state index contributed by atoms with van der Waals surface area (Å²) in [5.41, 5.74) is 3.33. The number of aldehydes is 1. The molecular weight excluding hydrogens is 184 g/mol. The lowest BCUT2D eigenvalue weighted by Crippen LogP contribution is -1.90. The second-order valence-electron chi connectivity index (χ2n) is 3.80. The van der Waals surface area contributed by atoms with E-state index in [2.05, 4.69) is 30.4 Å². The van der Waals surface area contributed by atoms with Crippen LogP contribution in [0.25, 0.3) is 16.8 Å². The molecule has 0 fully saturated rings. The van der Waals surface area contributed by atoms with E-state index in [0.29, 0.717) is 0 Å². The molecule has 0 aliphatic heterocycles. The van der Waals surface area contributed by atoms with Crippen LogP contribution in [0.15, 0.2) is 36.4 Å². The monoisotopic (exact) mass is 194 g/mol. The van der Waals surface area contributed by atoms with Crippen molar-refractivity contribution in [3.05, 3.63) is 53.1 Å². The third kappa shape index (κ3) is 1.13. The Labute approximate surface area is 88.0 Å². The van der Waals surface area contributed by atoms with Crippen molar-refractivity contribution in [3.8, 4) is 0 Å². The van der Waals surface area contributed by atoms with Crippen molar-refractivity contribution in [1.29, 1.82) is 0 Å². The third-order valence-electron chi connectivity index (χ3n) is 2.97. The van der Waals surface area contributed by atoms with Gasteiger partial charge in [0.1, 0.15) is 0 Å². The number of hydrogen-bond acceptors (Lipinski definition) is 1. The Hall–Kier alpha value is -1.89. The van der Waals surface area contributed by atoms with E-state index in [-0.39, 0.29) is 0 Å². The molecule has 0 spiro atoms. The molecule has 15 heavy (non-hydrogen) atoms. The van der Waals surface area contributed by atoms with Gasteiger partial charge in [-0.1, -0.05) is 42.5 Å². The lowest BCUT2D eigenvalue weighted by atomic mass is 9.97. The number of carbonyl (C=O) groups excluding carboxylic acids is 1. The van der Waals surface area contributed by atoms with Crippen LogP contribution in [-0.4, -0.2) is 6.29 Å². The van der Waals surface area contributed by atoms with Crippen molar-refractivity contribution in [3.63, 3.8) is 0 Å². The molecule has 1 nitrogen and oxygen atoms in total. The molecule has 0 heterocycles. The molecule has 1 aliphatic carbocycles. The Balaban J connectivity index is 2.48. The zero-order valence-corrected chi connectivity index (χ0v) is 8.23. The molecule has 72 valence electrons. The molecule has 0 radical (unpaired) electrons. The van der Waals surface area contributed by atoms with Crippen LogP contribution in [-0.2, 0) is 6.42 Å². The van der Waals surface area contributed by atoms with Gasteiger partial charge >= 0.3 is 0 Å². The van der Waals surface area contributed by atoms with Gasteiger partial charge in [0.05, 0.1) is 0 Å². The zero-order valence-electron chi connectivity index (χ0n) is 8.23. The van der Waals surface area contributed by atoms with Crippen LogP contribution in [0.1, 0.15) is 21.5 Å². The minimum absolute atomic E-state index is 0.799. The zero-order chi connectivity index (χ0) is 10.3. The van der Waals surface area contributed by atoms with Gasteiger partial charge in [-0.2, -0.15) is 0 Å². The van der Waals surface area contributed by atoms with E-state index in [4.69, 9.17) is 0 Å². The van der Waals surface area contributed by atoms with Gasteiger partial charge in [-0.05, 0) is 28.3 Å². The number of hydrogen-bond donors (Lipinski definition) is 0. The van der Waals surface area contributed by atoms with Crippen LogP contribution < -0.4 is 0 Å². The summed E-state index contributed by atoms with van der Waals surface area (Å²) in [5.74, 6) is 0. The second kappa shape index (κ2) is 3.06. The van der Waals surface area contributed by atoms with Crippen LogP contribution in [0.2, 0.25) is 0 Å². The topological polar surface area (TPSA) is 17.1 Å². The summed E-state index contributed by atoms with van der Waals surface area (Å²) < 4.78 is 0. The fourth-order valence-corrected chi connectivity index (χ4v) is 2.28. The smallest absolute Gasteiger partial charge is 0.150 e.